The molecule has 2 aliphatic rings. The molecule has 5 rings (SSSR count). The van der Waals surface area contributed by atoms with E-state index in [0.29, 0.717) is 53.5 Å². The number of halogens is 1. The second-order valence-corrected chi connectivity index (χ2v) is 14.0. The zero-order chi connectivity index (χ0) is 31.8. The molecule has 0 radical (unpaired) electrons. The van der Waals surface area contributed by atoms with E-state index in [2.05, 4.69) is 17.3 Å². The smallest absolute Gasteiger partial charge is 0.251 e. The van der Waals surface area contributed by atoms with E-state index in [1.54, 1.807) is 36.4 Å². The molecular formula is C35H41ClN2O6S. The highest BCUT2D eigenvalue weighted by Gasteiger charge is 2.25. The SMILES string of the molecule is CCCOCCOc1ccc(-c2ccc3c(c2)C=C(C(=O)Nc2ccc(CN(C)C4CCOCC4)cc2)CCS3(=O)=O)cc1Cl. The highest BCUT2D eigenvalue weighted by molar-refractivity contribution is 7.91. The van der Waals surface area contributed by atoms with Crippen molar-refractivity contribution in [1.82, 2.24) is 4.90 Å². The number of ether oxygens (including phenoxy) is 3. The maximum Gasteiger partial charge on any atom is 0.251 e. The van der Waals surface area contributed by atoms with Crippen LogP contribution in [0.25, 0.3) is 17.2 Å². The van der Waals surface area contributed by atoms with Gasteiger partial charge in [0.1, 0.15) is 12.4 Å². The van der Waals surface area contributed by atoms with Crippen LogP contribution < -0.4 is 10.1 Å². The summed E-state index contributed by atoms with van der Waals surface area (Å²) >= 11 is 6.51. The first-order chi connectivity index (χ1) is 21.7. The van der Waals surface area contributed by atoms with E-state index in [4.69, 9.17) is 25.8 Å². The number of rotatable bonds is 12. The minimum absolute atomic E-state index is 0.117. The predicted octanol–water partition coefficient (Wildman–Crippen LogP) is 6.62. The number of nitrogens with zero attached hydrogens (tertiary/aromatic N) is 1. The summed E-state index contributed by atoms with van der Waals surface area (Å²) in [6, 6.07) is 18.9. The van der Waals surface area contributed by atoms with Crippen LogP contribution in [0.2, 0.25) is 5.02 Å². The zero-order valence-corrected chi connectivity index (χ0v) is 27.5. The van der Waals surface area contributed by atoms with Crippen molar-refractivity contribution in [3.63, 3.8) is 0 Å². The molecule has 1 amide bonds. The summed E-state index contributed by atoms with van der Waals surface area (Å²) < 4.78 is 43.0. The van der Waals surface area contributed by atoms with Gasteiger partial charge in [-0.25, -0.2) is 8.42 Å². The summed E-state index contributed by atoms with van der Waals surface area (Å²) in [6.45, 7) is 6.02. The largest absolute Gasteiger partial charge is 0.490 e. The molecule has 45 heavy (non-hydrogen) atoms. The molecule has 0 aromatic heterocycles. The fourth-order valence-electron chi connectivity index (χ4n) is 5.62. The first-order valence-corrected chi connectivity index (χ1v) is 17.5. The Morgan fingerprint density at radius 2 is 1.73 bits per heavy atom. The molecule has 2 heterocycles. The van der Waals surface area contributed by atoms with E-state index >= 15 is 0 Å². The molecule has 0 unspecified atom stereocenters. The van der Waals surface area contributed by atoms with Gasteiger partial charge in [0.05, 0.1) is 22.3 Å². The Hall–Kier alpha value is -3.21. The van der Waals surface area contributed by atoms with Crippen molar-refractivity contribution in [2.45, 2.75) is 50.1 Å². The number of nitrogens with one attached hydrogen (secondary N) is 1. The fraction of sp³-hybridized carbons (Fsp3) is 0.400. The average molecular weight is 653 g/mol. The molecule has 3 aromatic rings. The number of anilines is 1. The van der Waals surface area contributed by atoms with Crippen molar-refractivity contribution >= 4 is 39.1 Å². The number of fused-ring (bicyclic) bond motifs is 1. The molecule has 1 fully saturated rings. The molecule has 0 bridgehead atoms. The molecule has 2 aliphatic heterocycles. The lowest BCUT2D eigenvalue weighted by molar-refractivity contribution is -0.112. The van der Waals surface area contributed by atoms with E-state index in [-0.39, 0.29) is 23.0 Å². The van der Waals surface area contributed by atoms with Gasteiger partial charge in [0.2, 0.25) is 0 Å². The third kappa shape index (κ3) is 8.74. The molecule has 240 valence electrons. The van der Waals surface area contributed by atoms with Gasteiger partial charge in [0, 0.05) is 43.7 Å². The van der Waals surface area contributed by atoms with Crippen molar-refractivity contribution in [3.05, 3.63) is 82.4 Å². The summed E-state index contributed by atoms with van der Waals surface area (Å²) in [4.78, 5) is 15.9. The molecule has 1 saturated heterocycles. The van der Waals surface area contributed by atoms with Crippen molar-refractivity contribution in [1.29, 1.82) is 0 Å². The van der Waals surface area contributed by atoms with Crippen molar-refractivity contribution < 1.29 is 27.4 Å². The summed E-state index contributed by atoms with van der Waals surface area (Å²) in [5.41, 5.74) is 4.29. The standard InChI is InChI=1S/C35H41ClN2O6S/c1-3-15-42-18-19-44-33-10-6-27(23-32(33)36)26-7-11-34-29(21-26)22-28(14-20-45(34,40)41)35(39)37-30-8-4-25(5-9-30)24-38(2)31-12-16-43-17-13-31/h4-11,21-23,31H,3,12-20,24H2,1-2H3,(H,37,39). The Labute approximate surface area is 271 Å². The molecule has 0 saturated carbocycles. The number of carbonyl (C=O) groups excluding carboxylic acids is 1. The Morgan fingerprint density at radius 3 is 2.47 bits per heavy atom. The quantitative estimate of drug-likeness (QED) is 0.220. The van der Waals surface area contributed by atoms with Crippen LogP contribution in [0.15, 0.2) is 71.1 Å². The summed E-state index contributed by atoms with van der Waals surface area (Å²) in [5.74, 6) is 0.0923. The molecule has 0 spiro atoms. The van der Waals surface area contributed by atoms with E-state index in [1.165, 1.54) is 0 Å². The Bertz CT molecular complexity index is 1620. The third-order valence-corrected chi connectivity index (χ3v) is 10.2. The van der Waals surface area contributed by atoms with Gasteiger partial charge in [-0.05, 0) is 97.5 Å². The van der Waals surface area contributed by atoms with Gasteiger partial charge in [-0.15, -0.1) is 0 Å². The lowest BCUT2D eigenvalue weighted by Crippen LogP contribution is -2.36. The fourth-order valence-corrected chi connectivity index (χ4v) is 7.32. The first kappa shape index (κ1) is 33.2. The van der Waals surface area contributed by atoms with Gasteiger partial charge < -0.3 is 19.5 Å². The maximum absolute atomic E-state index is 13.4. The third-order valence-electron chi connectivity index (χ3n) is 8.16. The van der Waals surface area contributed by atoms with Crippen LogP contribution in [0.4, 0.5) is 5.69 Å². The van der Waals surface area contributed by atoms with Gasteiger partial charge in [-0.3, -0.25) is 9.69 Å². The average Bonchev–Trinajstić information content (AvgIpc) is 3.18. The Kier molecular flexibility index (Phi) is 11.3. The van der Waals surface area contributed by atoms with Gasteiger partial charge in [-0.2, -0.15) is 0 Å². The highest BCUT2D eigenvalue weighted by Crippen LogP contribution is 2.34. The number of sulfone groups is 1. The van der Waals surface area contributed by atoms with Gasteiger partial charge in [0.25, 0.3) is 5.91 Å². The van der Waals surface area contributed by atoms with Crippen LogP contribution in [0.3, 0.4) is 0 Å². The number of benzene rings is 3. The molecule has 0 atom stereocenters. The van der Waals surface area contributed by atoms with Crippen LogP contribution in [-0.4, -0.2) is 71.1 Å². The number of amides is 1. The number of hydrogen-bond donors (Lipinski definition) is 1. The number of hydrogen-bond acceptors (Lipinski definition) is 7. The maximum atomic E-state index is 13.4. The van der Waals surface area contributed by atoms with Crippen LogP contribution in [0, 0.1) is 0 Å². The second-order valence-electron chi connectivity index (χ2n) is 11.5. The van der Waals surface area contributed by atoms with Crippen LogP contribution >= 0.6 is 11.6 Å². The van der Waals surface area contributed by atoms with E-state index in [0.717, 1.165) is 55.7 Å². The summed E-state index contributed by atoms with van der Waals surface area (Å²) in [5, 5.41) is 3.40. The van der Waals surface area contributed by atoms with E-state index in [1.807, 2.05) is 37.3 Å². The zero-order valence-electron chi connectivity index (χ0n) is 25.9. The summed E-state index contributed by atoms with van der Waals surface area (Å²) in [6.07, 6.45) is 4.81. The van der Waals surface area contributed by atoms with Crippen LogP contribution in [0.1, 0.15) is 43.7 Å². The van der Waals surface area contributed by atoms with Gasteiger partial charge in [0.15, 0.2) is 9.84 Å². The molecule has 8 nitrogen and oxygen atoms in total. The highest BCUT2D eigenvalue weighted by atomic mass is 35.5. The van der Waals surface area contributed by atoms with E-state index < -0.39 is 9.84 Å². The minimum Gasteiger partial charge on any atom is -0.490 e. The lowest BCUT2D eigenvalue weighted by Gasteiger charge is -2.31. The summed E-state index contributed by atoms with van der Waals surface area (Å²) in [7, 11) is -1.45. The van der Waals surface area contributed by atoms with Crippen molar-refractivity contribution in [2.75, 3.05) is 51.2 Å². The van der Waals surface area contributed by atoms with Gasteiger partial charge in [-0.1, -0.05) is 42.8 Å². The predicted molar refractivity (Wildman–Crippen MR) is 179 cm³/mol. The minimum atomic E-state index is -3.58. The number of carbonyl (C=O) groups is 1. The topological polar surface area (TPSA) is 94.2 Å². The van der Waals surface area contributed by atoms with Crippen LogP contribution in [0.5, 0.6) is 5.75 Å². The first-order valence-electron chi connectivity index (χ1n) is 15.5. The Morgan fingerprint density at radius 1 is 1.00 bits per heavy atom. The van der Waals surface area contributed by atoms with Crippen molar-refractivity contribution in [2.24, 2.45) is 0 Å². The monoisotopic (exact) mass is 652 g/mol. The second kappa shape index (κ2) is 15.4. The molecule has 10 heteroatoms. The Balaban J connectivity index is 1.28. The molecule has 0 aliphatic carbocycles. The van der Waals surface area contributed by atoms with E-state index in [9.17, 15) is 13.2 Å². The van der Waals surface area contributed by atoms with Crippen LogP contribution in [-0.2, 0) is 30.7 Å². The normalized spacial score (nSPS) is 16.5. The molecule has 1 N–H and O–H groups in total. The molecular weight excluding hydrogens is 612 g/mol. The molecule has 3 aromatic carbocycles. The van der Waals surface area contributed by atoms with Crippen molar-refractivity contribution in [3.8, 4) is 16.9 Å². The van der Waals surface area contributed by atoms with Gasteiger partial charge >= 0.3 is 0 Å². The lowest BCUT2D eigenvalue weighted by atomic mass is 10.0.